The monoisotopic (exact) mass is 249 g/mol. The molecule has 17 heavy (non-hydrogen) atoms. The van der Waals surface area contributed by atoms with Crippen LogP contribution in [0.15, 0.2) is 29.9 Å². The predicted octanol–water partition coefficient (Wildman–Crippen LogP) is 1.71. The lowest BCUT2D eigenvalue weighted by Crippen LogP contribution is -2.22. The molecule has 0 unspecified atom stereocenters. The minimum Gasteiger partial charge on any atom is -0.392 e. The Kier molecular flexibility index (Phi) is 4.06. The molecule has 0 saturated carbocycles. The summed E-state index contributed by atoms with van der Waals surface area (Å²) in [5.41, 5.74) is 0.736. The zero-order chi connectivity index (χ0) is 12.1. The second-order valence-electron chi connectivity index (χ2n) is 3.80. The molecule has 5 heteroatoms. The van der Waals surface area contributed by atoms with Gasteiger partial charge in [0.25, 0.3) is 0 Å². The van der Waals surface area contributed by atoms with E-state index in [1.54, 1.807) is 23.7 Å². The second-order valence-corrected chi connectivity index (χ2v) is 4.83. The van der Waals surface area contributed by atoms with E-state index in [-0.39, 0.29) is 6.61 Å². The summed E-state index contributed by atoms with van der Waals surface area (Å²) in [6.07, 6.45) is 4.31. The molecule has 0 radical (unpaired) electrons. The zero-order valence-electron chi connectivity index (χ0n) is 9.71. The lowest BCUT2D eigenvalue weighted by molar-refractivity contribution is 0.281. The van der Waals surface area contributed by atoms with Gasteiger partial charge in [-0.05, 0) is 17.9 Å². The van der Waals surface area contributed by atoms with Crippen LogP contribution in [0.25, 0.3) is 0 Å². The minimum absolute atomic E-state index is 0.0147. The van der Waals surface area contributed by atoms with Gasteiger partial charge in [0, 0.05) is 36.4 Å². The molecule has 0 aliphatic rings. The van der Waals surface area contributed by atoms with Crippen LogP contribution in [0.3, 0.4) is 0 Å². The van der Waals surface area contributed by atoms with Gasteiger partial charge in [0.1, 0.15) is 0 Å². The Labute approximate surface area is 105 Å². The van der Waals surface area contributed by atoms with Crippen LogP contribution in [0.5, 0.6) is 0 Å². The smallest absolute Gasteiger partial charge is 0.225 e. The van der Waals surface area contributed by atoms with Crippen LogP contribution in [-0.4, -0.2) is 28.7 Å². The van der Waals surface area contributed by atoms with Crippen molar-refractivity contribution in [1.82, 2.24) is 9.97 Å². The number of hydrogen-bond acceptors (Lipinski definition) is 5. The number of thiophene rings is 1. The molecule has 0 spiro atoms. The third-order valence-electron chi connectivity index (χ3n) is 2.49. The van der Waals surface area contributed by atoms with E-state index >= 15 is 0 Å². The van der Waals surface area contributed by atoms with Gasteiger partial charge in [-0.1, -0.05) is 6.07 Å². The molecule has 2 heterocycles. The summed E-state index contributed by atoms with van der Waals surface area (Å²) >= 11 is 1.77. The lowest BCUT2D eigenvalue weighted by atomic mass is 10.3. The Hall–Kier alpha value is -1.46. The van der Waals surface area contributed by atoms with E-state index in [1.165, 1.54) is 4.88 Å². The van der Waals surface area contributed by atoms with Crippen molar-refractivity contribution in [1.29, 1.82) is 0 Å². The van der Waals surface area contributed by atoms with Gasteiger partial charge < -0.3 is 10.0 Å². The molecular weight excluding hydrogens is 234 g/mol. The van der Waals surface area contributed by atoms with Gasteiger partial charge in [-0.2, -0.15) is 0 Å². The van der Waals surface area contributed by atoms with E-state index in [1.807, 2.05) is 11.9 Å². The van der Waals surface area contributed by atoms with Crippen LogP contribution in [0.1, 0.15) is 10.4 Å². The first-order valence-electron chi connectivity index (χ1n) is 5.45. The molecule has 0 bridgehead atoms. The van der Waals surface area contributed by atoms with Gasteiger partial charge in [0.05, 0.1) is 6.61 Å². The molecule has 4 nitrogen and oxygen atoms in total. The van der Waals surface area contributed by atoms with Gasteiger partial charge >= 0.3 is 0 Å². The molecule has 0 atom stereocenters. The molecule has 0 fully saturated rings. The van der Waals surface area contributed by atoms with Crippen molar-refractivity contribution in [2.75, 3.05) is 18.5 Å². The van der Waals surface area contributed by atoms with Crippen LogP contribution >= 0.6 is 11.3 Å². The molecule has 0 aliphatic heterocycles. The second kappa shape index (κ2) is 5.75. The van der Waals surface area contributed by atoms with Crippen LogP contribution in [0.4, 0.5) is 5.95 Å². The summed E-state index contributed by atoms with van der Waals surface area (Å²) in [5, 5.41) is 11.0. The number of anilines is 1. The van der Waals surface area contributed by atoms with Crippen molar-refractivity contribution >= 4 is 17.3 Å². The molecule has 0 aromatic carbocycles. The summed E-state index contributed by atoms with van der Waals surface area (Å²) < 4.78 is 0. The normalized spacial score (nSPS) is 10.5. The molecule has 0 amide bonds. The number of aliphatic hydroxyl groups excluding tert-OH is 1. The van der Waals surface area contributed by atoms with Crippen molar-refractivity contribution in [3.8, 4) is 0 Å². The highest BCUT2D eigenvalue weighted by Gasteiger charge is 2.04. The maximum Gasteiger partial charge on any atom is 0.225 e. The average Bonchev–Trinajstić information content (AvgIpc) is 2.89. The summed E-state index contributed by atoms with van der Waals surface area (Å²) in [6, 6.07) is 4.20. The van der Waals surface area contributed by atoms with Gasteiger partial charge in [-0.3, -0.25) is 0 Å². The number of likely N-dealkylation sites (N-methyl/N-ethyl adjacent to an activating group) is 1. The van der Waals surface area contributed by atoms with E-state index in [4.69, 9.17) is 5.11 Å². The quantitative estimate of drug-likeness (QED) is 0.876. The van der Waals surface area contributed by atoms with Gasteiger partial charge in [0.15, 0.2) is 0 Å². The van der Waals surface area contributed by atoms with Crippen LogP contribution in [0, 0.1) is 0 Å². The van der Waals surface area contributed by atoms with E-state index < -0.39 is 0 Å². The van der Waals surface area contributed by atoms with E-state index in [0.29, 0.717) is 5.95 Å². The van der Waals surface area contributed by atoms with Gasteiger partial charge in [0.2, 0.25) is 5.95 Å². The van der Waals surface area contributed by atoms with E-state index in [9.17, 15) is 0 Å². The highest BCUT2D eigenvalue weighted by Crippen LogP contribution is 2.11. The largest absolute Gasteiger partial charge is 0.392 e. The topological polar surface area (TPSA) is 49.2 Å². The third kappa shape index (κ3) is 3.25. The molecule has 0 saturated heterocycles. The summed E-state index contributed by atoms with van der Waals surface area (Å²) in [4.78, 5) is 11.8. The number of aliphatic hydroxyl groups is 1. The number of nitrogens with zero attached hydrogens (tertiary/aromatic N) is 3. The molecule has 2 aromatic rings. The standard InChI is InChI=1S/C12H15N3OS/c1-15(5-4-11-3-2-6-17-11)12-13-7-10(9-16)8-14-12/h2-3,6-8,16H,4-5,9H2,1H3. The molecule has 1 N–H and O–H groups in total. The summed E-state index contributed by atoms with van der Waals surface area (Å²) in [7, 11) is 1.97. The predicted molar refractivity (Wildman–Crippen MR) is 69.2 cm³/mol. The molecule has 90 valence electrons. The maximum atomic E-state index is 8.90. The van der Waals surface area contributed by atoms with Crippen LogP contribution < -0.4 is 4.90 Å². The van der Waals surface area contributed by atoms with Crippen LogP contribution in [-0.2, 0) is 13.0 Å². The maximum absolute atomic E-state index is 8.90. The molecular formula is C12H15N3OS. The Bertz CT molecular complexity index is 441. The zero-order valence-corrected chi connectivity index (χ0v) is 10.5. The van der Waals surface area contributed by atoms with Gasteiger partial charge in [-0.15, -0.1) is 11.3 Å². The average molecular weight is 249 g/mol. The first-order chi connectivity index (χ1) is 8.29. The van der Waals surface area contributed by atoms with Crippen molar-refractivity contribution < 1.29 is 5.11 Å². The lowest BCUT2D eigenvalue weighted by Gasteiger charge is -2.16. The summed E-state index contributed by atoms with van der Waals surface area (Å²) in [5.74, 6) is 0.693. The SMILES string of the molecule is CN(CCc1cccs1)c1ncc(CO)cn1. The Morgan fingerprint density at radius 2 is 2.12 bits per heavy atom. The Balaban J connectivity index is 1.92. The fraction of sp³-hybridized carbons (Fsp3) is 0.333. The number of hydrogen-bond donors (Lipinski definition) is 1. The van der Waals surface area contributed by atoms with Crippen LogP contribution in [0.2, 0.25) is 0 Å². The number of aromatic nitrogens is 2. The van der Waals surface area contributed by atoms with E-state index in [2.05, 4.69) is 27.5 Å². The fourth-order valence-electron chi connectivity index (χ4n) is 1.46. The summed E-state index contributed by atoms with van der Waals surface area (Å²) in [6.45, 7) is 0.873. The van der Waals surface area contributed by atoms with E-state index in [0.717, 1.165) is 18.5 Å². The highest BCUT2D eigenvalue weighted by atomic mass is 32.1. The van der Waals surface area contributed by atoms with Crippen molar-refractivity contribution in [2.45, 2.75) is 13.0 Å². The molecule has 2 rings (SSSR count). The third-order valence-corrected chi connectivity index (χ3v) is 3.43. The van der Waals surface area contributed by atoms with Crippen molar-refractivity contribution in [3.63, 3.8) is 0 Å². The molecule has 2 aromatic heterocycles. The highest BCUT2D eigenvalue weighted by molar-refractivity contribution is 7.09. The first kappa shape index (κ1) is 12.0. The number of rotatable bonds is 5. The van der Waals surface area contributed by atoms with Crippen molar-refractivity contribution in [2.24, 2.45) is 0 Å². The minimum atomic E-state index is -0.0147. The van der Waals surface area contributed by atoms with Gasteiger partial charge in [-0.25, -0.2) is 9.97 Å². The Morgan fingerprint density at radius 3 is 2.71 bits per heavy atom. The first-order valence-corrected chi connectivity index (χ1v) is 6.33. The molecule has 0 aliphatic carbocycles. The fourth-order valence-corrected chi connectivity index (χ4v) is 2.16. The van der Waals surface area contributed by atoms with Crippen molar-refractivity contribution in [3.05, 3.63) is 40.3 Å². The Morgan fingerprint density at radius 1 is 1.35 bits per heavy atom.